The highest BCUT2D eigenvalue weighted by Crippen LogP contribution is 2.41. The summed E-state index contributed by atoms with van der Waals surface area (Å²) in [5.41, 5.74) is 1.45. The molecule has 0 bridgehead atoms. The van der Waals surface area contributed by atoms with Gasteiger partial charge in [0.1, 0.15) is 16.3 Å². The molecule has 0 spiro atoms. The van der Waals surface area contributed by atoms with Crippen molar-refractivity contribution < 1.29 is 14.6 Å². The average Bonchev–Trinajstić information content (AvgIpc) is 2.97. The molecule has 0 aliphatic carbocycles. The number of pyridine rings is 1. The topological polar surface area (TPSA) is 91.4 Å². The van der Waals surface area contributed by atoms with Gasteiger partial charge in [0.15, 0.2) is 5.75 Å². The first kappa shape index (κ1) is 20.0. The lowest BCUT2D eigenvalue weighted by Crippen LogP contribution is -2.08. The van der Waals surface area contributed by atoms with Crippen LogP contribution in [0.3, 0.4) is 0 Å². The van der Waals surface area contributed by atoms with Crippen molar-refractivity contribution in [3.8, 4) is 28.4 Å². The Bertz CT molecular complexity index is 1340. The quantitative estimate of drug-likeness (QED) is 0.381. The van der Waals surface area contributed by atoms with Crippen molar-refractivity contribution in [2.75, 3.05) is 5.32 Å². The van der Waals surface area contributed by atoms with Gasteiger partial charge in [-0.05, 0) is 42.3 Å². The number of anilines is 1. The highest BCUT2D eigenvalue weighted by molar-refractivity contribution is 7.22. The fourth-order valence-corrected chi connectivity index (χ4v) is 4.47. The number of thiophene rings is 1. The molecule has 8 heteroatoms. The molecule has 2 heterocycles. The van der Waals surface area contributed by atoms with E-state index in [1.807, 2.05) is 0 Å². The van der Waals surface area contributed by atoms with E-state index in [0.717, 1.165) is 0 Å². The van der Waals surface area contributed by atoms with Crippen LogP contribution in [0.2, 0.25) is 4.34 Å². The Morgan fingerprint density at radius 1 is 1.20 bits per heavy atom. The zero-order valence-corrected chi connectivity index (χ0v) is 17.6. The van der Waals surface area contributed by atoms with Crippen LogP contribution in [-0.2, 0) is 4.79 Å². The predicted molar refractivity (Wildman–Crippen MR) is 120 cm³/mol. The monoisotopic (exact) mass is 440 g/mol. The standard InChI is InChI=1S/C22H17ClN2O4S/c1-11-17-19(27)18(21(28)25-22(17)30-20(11)23)13-6-5-7-14(10-13)29-16-9-4-3-8-15(16)24-12(2)26/h3-10H,1-2H3,(H,24,26)(H2,25,27,28). The molecular formula is C22H17ClN2O4S. The van der Waals surface area contributed by atoms with Crippen molar-refractivity contribution in [1.29, 1.82) is 0 Å². The van der Waals surface area contributed by atoms with Crippen LogP contribution >= 0.6 is 22.9 Å². The number of carbonyl (C=O) groups excluding carboxylic acids is 1. The molecule has 0 fully saturated rings. The van der Waals surface area contributed by atoms with Crippen LogP contribution in [0.15, 0.2) is 53.3 Å². The number of amides is 1. The predicted octanol–water partition coefficient (Wildman–Crippen LogP) is 5.67. The molecule has 0 radical (unpaired) electrons. The van der Waals surface area contributed by atoms with E-state index in [-0.39, 0.29) is 17.2 Å². The third-order valence-corrected chi connectivity index (χ3v) is 6.08. The van der Waals surface area contributed by atoms with Gasteiger partial charge in [0.25, 0.3) is 5.56 Å². The van der Waals surface area contributed by atoms with Crippen LogP contribution in [0.25, 0.3) is 21.3 Å². The minimum Gasteiger partial charge on any atom is -0.506 e. The molecule has 6 nitrogen and oxygen atoms in total. The third-order valence-electron chi connectivity index (χ3n) is 4.56. The number of aryl methyl sites for hydroxylation is 1. The number of H-pyrrole nitrogens is 1. The fourth-order valence-electron chi connectivity index (χ4n) is 3.22. The van der Waals surface area contributed by atoms with E-state index in [0.29, 0.717) is 42.9 Å². The van der Waals surface area contributed by atoms with Gasteiger partial charge in [0, 0.05) is 6.92 Å². The van der Waals surface area contributed by atoms with Crippen molar-refractivity contribution >= 4 is 44.7 Å². The van der Waals surface area contributed by atoms with Crippen LogP contribution in [-0.4, -0.2) is 16.0 Å². The van der Waals surface area contributed by atoms with E-state index >= 15 is 0 Å². The Morgan fingerprint density at radius 3 is 2.73 bits per heavy atom. The van der Waals surface area contributed by atoms with Crippen molar-refractivity contribution in [2.24, 2.45) is 0 Å². The summed E-state index contributed by atoms with van der Waals surface area (Å²) in [7, 11) is 0. The average molecular weight is 441 g/mol. The number of halogens is 1. The molecule has 30 heavy (non-hydrogen) atoms. The summed E-state index contributed by atoms with van der Waals surface area (Å²) in [5.74, 6) is 0.572. The molecule has 1 amide bonds. The zero-order valence-electron chi connectivity index (χ0n) is 16.1. The minimum atomic E-state index is -0.422. The lowest BCUT2D eigenvalue weighted by Gasteiger charge is -2.12. The highest BCUT2D eigenvalue weighted by Gasteiger charge is 2.19. The Morgan fingerprint density at radius 2 is 1.97 bits per heavy atom. The van der Waals surface area contributed by atoms with Crippen molar-refractivity contribution in [1.82, 2.24) is 4.98 Å². The van der Waals surface area contributed by atoms with Gasteiger partial charge in [-0.15, -0.1) is 11.3 Å². The molecule has 4 rings (SSSR count). The number of aromatic nitrogens is 1. The number of para-hydroxylation sites is 2. The molecule has 0 aliphatic rings. The summed E-state index contributed by atoms with van der Waals surface area (Å²) < 4.78 is 6.45. The van der Waals surface area contributed by atoms with Gasteiger partial charge in [0.05, 0.1) is 21.0 Å². The van der Waals surface area contributed by atoms with Crippen molar-refractivity contribution in [3.63, 3.8) is 0 Å². The molecule has 0 aliphatic heterocycles. The Labute approximate surface area is 180 Å². The molecule has 2 aromatic heterocycles. The van der Waals surface area contributed by atoms with Crippen molar-refractivity contribution in [2.45, 2.75) is 13.8 Å². The maximum absolute atomic E-state index is 12.7. The van der Waals surface area contributed by atoms with Crippen LogP contribution in [0.1, 0.15) is 12.5 Å². The zero-order chi connectivity index (χ0) is 21.4. The second-order valence-electron chi connectivity index (χ2n) is 6.69. The van der Waals surface area contributed by atoms with Crippen molar-refractivity contribution in [3.05, 3.63) is 68.8 Å². The molecule has 4 aromatic rings. The van der Waals surface area contributed by atoms with Gasteiger partial charge in [0.2, 0.25) is 5.91 Å². The van der Waals surface area contributed by atoms with Gasteiger partial charge < -0.3 is 20.1 Å². The van der Waals surface area contributed by atoms with Gasteiger partial charge in [-0.3, -0.25) is 9.59 Å². The second-order valence-corrected chi connectivity index (χ2v) is 8.31. The lowest BCUT2D eigenvalue weighted by atomic mass is 10.0. The summed E-state index contributed by atoms with van der Waals surface area (Å²) in [4.78, 5) is 27.4. The number of hydrogen-bond donors (Lipinski definition) is 3. The molecule has 2 aromatic carbocycles. The van der Waals surface area contributed by atoms with Crippen LogP contribution in [0.4, 0.5) is 5.69 Å². The smallest absolute Gasteiger partial charge is 0.260 e. The van der Waals surface area contributed by atoms with E-state index in [1.165, 1.54) is 18.3 Å². The number of fused-ring (bicyclic) bond motifs is 1. The first-order valence-electron chi connectivity index (χ1n) is 9.04. The maximum Gasteiger partial charge on any atom is 0.260 e. The summed E-state index contributed by atoms with van der Waals surface area (Å²) in [5, 5.41) is 14.1. The molecule has 152 valence electrons. The second kappa shape index (κ2) is 7.85. The van der Waals surface area contributed by atoms with E-state index in [1.54, 1.807) is 55.5 Å². The number of aromatic amines is 1. The molecule has 0 unspecified atom stereocenters. The molecule has 0 saturated carbocycles. The van der Waals surface area contributed by atoms with Crippen LogP contribution < -0.4 is 15.6 Å². The lowest BCUT2D eigenvalue weighted by molar-refractivity contribution is -0.114. The SMILES string of the molecule is CC(=O)Nc1ccccc1Oc1cccc(-c2c(O)c3c(C)c(Cl)sc3[nH]c2=O)c1. The summed E-state index contributed by atoms with van der Waals surface area (Å²) in [6, 6.07) is 13.9. The number of benzene rings is 2. The normalized spacial score (nSPS) is 10.9. The number of nitrogens with one attached hydrogen (secondary N) is 2. The van der Waals surface area contributed by atoms with E-state index in [2.05, 4.69) is 10.3 Å². The molecular weight excluding hydrogens is 424 g/mol. The number of ether oxygens (including phenoxy) is 1. The number of hydrogen-bond acceptors (Lipinski definition) is 5. The maximum atomic E-state index is 12.7. The molecule has 3 N–H and O–H groups in total. The van der Waals surface area contributed by atoms with Gasteiger partial charge >= 0.3 is 0 Å². The fraction of sp³-hybridized carbons (Fsp3) is 0.0909. The summed E-state index contributed by atoms with van der Waals surface area (Å²) >= 11 is 7.39. The van der Waals surface area contributed by atoms with Crippen LogP contribution in [0, 0.1) is 6.92 Å². The Hall–Kier alpha value is -3.29. The largest absolute Gasteiger partial charge is 0.506 e. The highest BCUT2D eigenvalue weighted by atomic mass is 35.5. The van der Waals surface area contributed by atoms with Gasteiger partial charge in [-0.1, -0.05) is 35.9 Å². The molecule has 0 saturated heterocycles. The first-order chi connectivity index (χ1) is 14.3. The van der Waals surface area contributed by atoms with E-state index in [9.17, 15) is 14.7 Å². The van der Waals surface area contributed by atoms with Gasteiger partial charge in [-0.2, -0.15) is 0 Å². The third kappa shape index (κ3) is 3.65. The van der Waals surface area contributed by atoms with Gasteiger partial charge in [-0.25, -0.2) is 0 Å². The van der Waals surface area contributed by atoms with E-state index < -0.39 is 5.56 Å². The molecule has 0 atom stereocenters. The summed E-state index contributed by atoms with van der Waals surface area (Å²) in [6.07, 6.45) is 0. The first-order valence-corrected chi connectivity index (χ1v) is 10.2. The Kier molecular flexibility index (Phi) is 5.24. The number of rotatable bonds is 4. The summed E-state index contributed by atoms with van der Waals surface area (Å²) in [6.45, 7) is 3.21. The minimum absolute atomic E-state index is 0.120. The number of aromatic hydroxyl groups is 1. The van der Waals surface area contributed by atoms with Crippen LogP contribution in [0.5, 0.6) is 17.2 Å². The Balaban J connectivity index is 1.78. The number of carbonyl (C=O) groups is 1. The van der Waals surface area contributed by atoms with E-state index in [4.69, 9.17) is 16.3 Å².